The zero-order chi connectivity index (χ0) is 7.72. The quantitative estimate of drug-likeness (QED) is 0.486. The van der Waals surface area contributed by atoms with Gasteiger partial charge in [-0.1, -0.05) is 39.4 Å². The van der Waals surface area contributed by atoms with Crippen molar-refractivity contribution in [3.63, 3.8) is 0 Å². The van der Waals surface area contributed by atoms with Gasteiger partial charge < -0.3 is 0 Å². The van der Waals surface area contributed by atoms with Gasteiger partial charge in [-0.25, -0.2) is 0 Å². The molecule has 1 rings (SSSR count). The van der Waals surface area contributed by atoms with Gasteiger partial charge in [-0.15, -0.1) is 0 Å². The summed E-state index contributed by atoms with van der Waals surface area (Å²) >= 11 is 0. The van der Waals surface area contributed by atoms with E-state index in [0.29, 0.717) is 5.82 Å². The SMILES string of the molecule is [B][C@@H]1C[C@H](CC)C(C)C1C. The van der Waals surface area contributed by atoms with Gasteiger partial charge in [0, 0.05) is 0 Å². The Labute approximate surface area is 65.8 Å². The maximum Gasteiger partial charge on any atom is 0.0703 e. The summed E-state index contributed by atoms with van der Waals surface area (Å²) in [6.45, 7) is 6.89. The van der Waals surface area contributed by atoms with Crippen molar-refractivity contribution in [3.05, 3.63) is 0 Å². The molecule has 0 saturated heterocycles. The van der Waals surface area contributed by atoms with E-state index in [2.05, 4.69) is 20.8 Å². The fourth-order valence-corrected chi connectivity index (χ4v) is 2.14. The fourth-order valence-electron chi connectivity index (χ4n) is 2.14. The largest absolute Gasteiger partial charge is 0.0743 e. The number of hydrogen-bond acceptors (Lipinski definition) is 0. The van der Waals surface area contributed by atoms with Crippen LogP contribution in [0.2, 0.25) is 5.82 Å². The van der Waals surface area contributed by atoms with Crippen molar-refractivity contribution in [1.82, 2.24) is 0 Å². The molecule has 0 aliphatic heterocycles. The summed E-state index contributed by atoms with van der Waals surface area (Å²) in [4.78, 5) is 0. The summed E-state index contributed by atoms with van der Waals surface area (Å²) in [5.74, 6) is 2.95. The molecule has 0 N–H and O–H groups in total. The molecule has 1 heteroatoms. The first-order valence-corrected chi connectivity index (χ1v) is 4.42. The zero-order valence-corrected chi connectivity index (χ0v) is 7.30. The molecule has 1 aliphatic carbocycles. The average molecular weight is 136 g/mol. The highest BCUT2D eigenvalue weighted by molar-refractivity contribution is 6.12. The van der Waals surface area contributed by atoms with Crippen molar-refractivity contribution in [1.29, 1.82) is 0 Å². The van der Waals surface area contributed by atoms with Crippen molar-refractivity contribution in [3.8, 4) is 0 Å². The van der Waals surface area contributed by atoms with Crippen LogP contribution in [0.3, 0.4) is 0 Å². The first-order valence-electron chi connectivity index (χ1n) is 4.42. The Kier molecular flexibility index (Phi) is 2.43. The lowest BCUT2D eigenvalue weighted by molar-refractivity contribution is 0.349. The van der Waals surface area contributed by atoms with Gasteiger partial charge in [0.25, 0.3) is 0 Å². The fraction of sp³-hybridized carbons (Fsp3) is 1.00. The van der Waals surface area contributed by atoms with Crippen LogP contribution in [0.1, 0.15) is 33.6 Å². The monoisotopic (exact) mass is 136 g/mol. The lowest BCUT2D eigenvalue weighted by Gasteiger charge is -2.16. The van der Waals surface area contributed by atoms with Gasteiger partial charge in [0.15, 0.2) is 0 Å². The highest BCUT2D eigenvalue weighted by Gasteiger charge is 2.33. The zero-order valence-electron chi connectivity index (χ0n) is 7.30. The molecule has 2 unspecified atom stereocenters. The van der Waals surface area contributed by atoms with Gasteiger partial charge >= 0.3 is 0 Å². The molecular formula is C9H17B. The third-order valence-corrected chi connectivity index (χ3v) is 3.35. The minimum atomic E-state index is 0.472. The first kappa shape index (κ1) is 8.16. The lowest BCUT2D eigenvalue weighted by atomic mass is 9.78. The van der Waals surface area contributed by atoms with Crippen LogP contribution in [0.25, 0.3) is 0 Å². The Morgan fingerprint density at radius 3 is 2.10 bits per heavy atom. The van der Waals surface area contributed by atoms with Crippen LogP contribution in [-0.4, -0.2) is 7.85 Å². The lowest BCUT2D eigenvalue weighted by Crippen LogP contribution is -2.08. The second-order valence-corrected chi connectivity index (χ2v) is 3.79. The highest BCUT2D eigenvalue weighted by atomic mass is 14.4. The molecule has 0 amide bonds. The van der Waals surface area contributed by atoms with E-state index in [0.717, 1.165) is 17.8 Å². The Balaban J connectivity index is 2.53. The second-order valence-electron chi connectivity index (χ2n) is 3.79. The van der Waals surface area contributed by atoms with E-state index in [1.165, 1.54) is 12.8 Å². The van der Waals surface area contributed by atoms with E-state index in [-0.39, 0.29) is 0 Å². The maximum atomic E-state index is 5.93. The Morgan fingerprint density at radius 2 is 1.90 bits per heavy atom. The van der Waals surface area contributed by atoms with E-state index in [4.69, 9.17) is 7.85 Å². The second kappa shape index (κ2) is 2.98. The molecule has 10 heavy (non-hydrogen) atoms. The van der Waals surface area contributed by atoms with Gasteiger partial charge in [-0.3, -0.25) is 0 Å². The number of hydrogen-bond donors (Lipinski definition) is 0. The predicted octanol–water partition coefficient (Wildman–Crippen LogP) is 2.65. The molecule has 0 spiro atoms. The van der Waals surface area contributed by atoms with Gasteiger partial charge in [0.05, 0.1) is 7.85 Å². The highest BCUT2D eigenvalue weighted by Crippen LogP contribution is 2.44. The van der Waals surface area contributed by atoms with E-state index in [9.17, 15) is 0 Å². The minimum Gasteiger partial charge on any atom is -0.0743 e. The number of rotatable bonds is 1. The molecule has 0 bridgehead atoms. The van der Waals surface area contributed by atoms with Gasteiger partial charge in [-0.05, 0) is 17.8 Å². The minimum absolute atomic E-state index is 0.472. The summed E-state index contributed by atoms with van der Waals surface area (Å²) in [6, 6.07) is 0. The molecular weight excluding hydrogens is 119 g/mol. The van der Waals surface area contributed by atoms with Crippen molar-refractivity contribution >= 4 is 7.85 Å². The molecule has 1 saturated carbocycles. The molecule has 2 radical (unpaired) electrons. The van der Waals surface area contributed by atoms with Crippen LogP contribution in [-0.2, 0) is 0 Å². The molecule has 0 nitrogen and oxygen atoms in total. The van der Waals surface area contributed by atoms with Crippen LogP contribution in [0.5, 0.6) is 0 Å². The van der Waals surface area contributed by atoms with Crippen LogP contribution < -0.4 is 0 Å². The Bertz CT molecular complexity index is 111. The smallest absolute Gasteiger partial charge is 0.0703 e. The van der Waals surface area contributed by atoms with Crippen LogP contribution in [0, 0.1) is 17.8 Å². The van der Waals surface area contributed by atoms with Crippen molar-refractivity contribution in [2.45, 2.75) is 39.4 Å². The molecule has 56 valence electrons. The summed E-state index contributed by atoms with van der Waals surface area (Å²) < 4.78 is 0. The van der Waals surface area contributed by atoms with Crippen LogP contribution in [0.4, 0.5) is 0 Å². The molecule has 1 fully saturated rings. The maximum absolute atomic E-state index is 5.93. The van der Waals surface area contributed by atoms with E-state index < -0.39 is 0 Å². The summed E-state index contributed by atoms with van der Waals surface area (Å²) in [5, 5.41) is 0. The van der Waals surface area contributed by atoms with Crippen LogP contribution >= 0.6 is 0 Å². The molecule has 0 aromatic carbocycles. The van der Waals surface area contributed by atoms with Crippen molar-refractivity contribution in [2.24, 2.45) is 17.8 Å². The Morgan fingerprint density at radius 1 is 1.30 bits per heavy atom. The van der Waals surface area contributed by atoms with Crippen molar-refractivity contribution < 1.29 is 0 Å². The topological polar surface area (TPSA) is 0 Å². The van der Waals surface area contributed by atoms with Gasteiger partial charge in [-0.2, -0.15) is 0 Å². The third kappa shape index (κ3) is 1.23. The van der Waals surface area contributed by atoms with Crippen molar-refractivity contribution in [2.75, 3.05) is 0 Å². The molecule has 0 aromatic heterocycles. The van der Waals surface area contributed by atoms with Gasteiger partial charge in [0.1, 0.15) is 0 Å². The molecule has 1 aliphatic rings. The predicted molar refractivity (Wildman–Crippen MR) is 46.2 cm³/mol. The summed E-state index contributed by atoms with van der Waals surface area (Å²) in [5.41, 5.74) is 0. The summed E-state index contributed by atoms with van der Waals surface area (Å²) in [6.07, 6.45) is 2.55. The normalized spacial score (nSPS) is 47.9. The Hall–Kier alpha value is 0.0649. The third-order valence-electron chi connectivity index (χ3n) is 3.35. The first-order chi connectivity index (χ1) is 4.66. The summed E-state index contributed by atoms with van der Waals surface area (Å²) in [7, 11) is 5.93. The van der Waals surface area contributed by atoms with Gasteiger partial charge in [0.2, 0.25) is 0 Å². The van der Waals surface area contributed by atoms with Crippen LogP contribution in [0.15, 0.2) is 0 Å². The van der Waals surface area contributed by atoms with E-state index in [1.807, 2.05) is 0 Å². The van der Waals surface area contributed by atoms with E-state index in [1.54, 1.807) is 0 Å². The van der Waals surface area contributed by atoms with E-state index >= 15 is 0 Å². The molecule has 4 atom stereocenters. The standard InChI is InChI=1S/C9H17B/c1-4-8-5-9(10)7(3)6(8)2/h6-9H,4-5H2,1-3H3/t6?,7?,8-,9+/m0/s1. The molecule has 0 aromatic rings. The average Bonchev–Trinajstić information content (AvgIpc) is 2.17. The molecule has 0 heterocycles.